The van der Waals surface area contributed by atoms with Crippen LogP contribution in [-0.2, 0) is 22.6 Å². The van der Waals surface area contributed by atoms with E-state index in [1.165, 1.54) is 11.8 Å². The Bertz CT molecular complexity index is 1200. The number of amides is 2. The Hall–Kier alpha value is -3.01. The smallest absolute Gasteiger partial charge is 0.234 e. The maximum atomic E-state index is 12.6. The molecule has 184 valence electrons. The Balaban J connectivity index is 1.62. The van der Waals surface area contributed by atoms with Gasteiger partial charge in [-0.25, -0.2) is 0 Å². The van der Waals surface area contributed by atoms with Crippen LogP contribution >= 0.6 is 35.0 Å². The third kappa shape index (κ3) is 7.24. The molecule has 3 aromatic rings. The molecule has 0 radical (unpaired) electrons. The topological polar surface area (TPSA) is 98.1 Å². The first-order valence-electron chi connectivity index (χ1n) is 10.6. The summed E-state index contributed by atoms with van der Waals surface area (Å²) in [5.41, 5.74) is 1.30. The second-order valence-electron chi connectivity index (χ2n) is 7.49. The minimum atomic E-state index is -0.401. The zero-order valence-electron chi connectivity index (χ0n) is 19.3. The zero-order chi connectivity index (χ0) is 25.4. The molecule has 0 fully saturated rings. The first-order valence-corrected chi connectivity index (χ1v) is 12.4. The summed E-state index contributed by atoms with van der Waals surface area (Å²) in [5.74, 6) is 0.955. The van der Waals surface area contributed by atoms with Gasteiger partial charge in [0.15, 0.2) is 11.0 Å². The third-order valence-corrected chi connectivity index (χ3v) is 6.69. The van der Waals surface area contributed by atoms with Gasteiger partial charge in [0.2, 0.25) is 11.8 Å². The first-order chi connectivity index (χ1) is 16.8. The van der Waals surface area contributed by atoms with Crippen molar-refractivity contribution in [1.82, 2.24) is 20.1 Å². The fourth-order valence-electron chi connectivity index (χ4n) is 3.23. The fraction of sp³-hybridized carbons (Fsp3) is 0.250. The van der Waals surface area contributed by atoms with E-state index in [1.54, 1.807) is 31.4 Å². The molecule has 2 amide bonds. The van der Waals surface area contributed by atoms with Gasteiger partial charge in [0.25, 0.3) is 0 Å². The Morgan fingerprint density at radius 2 is 1.91 bits per heavy atom. The van der Waals surface area contributed by atoms with Crippen molar-refractivity contribution in [3.05, 3.63) is 76.6 Å². The summed E-state index contributed by atoms with van der Waals surface area (Å²) >= 11 is 13.3. The number of ether oxygens (including phenoxy) is 1. The van der Waals surface area contributed by atoms with Crippen LogP contribution in [0.25, 0.3) is 0 Å². The van der Waals surface area contributed by atoms with Gasteiger partial charge in [-0.3, -0.25) is 9.59 Å². The van der Waals surface area contributed by atoms with E-state index in [4.69, 9.17) is 27.9 Å². The Morgan fingerprint density at radius 3 is 2.60 bits per heavy atom. The predicted molar refractivity (Wildman–Crippen MR) is 139 cm³/mol. The minimum Gasteiger partial charge on any atom is -0.497 e. The molecule has 0 bridgehead atoms. The monoisotopic (exact) mass is 533 g/mol. The number of nitrogens with one attached hydrogen (secondary N) is 2. The molecule has 8 nitrogen and oxygen atoms in total. The molecular formula is C24H25Cl2N5O3S. The molecular weight excluding hydrogens is 509 g/mol. The van der Waals surface area contributed by atoms with Crippen LogP contribution in [0.3, 0.4) is 0 Å². The summed E-state index contributed by atoms with van der Waals surface area (Å²) < 4.78 is 6.96. The molecule has 11 heteroatoms. The SMILES string of the molecule is C=CCn1c(SCC(=O)Nc2cccc(Cl)c2Cl)nnc1[C@H](C)NC(=O)Cc1ccc(OC)cc1. The van der Waals surface area contributed by atoms with Gasteiger partial charge >= 0.3 is 0 Å². The summed E-state index contributed by atoms with van der Waals surface area (Å²) in [6, 6.07) is 11.9. The lowest BCUT2D eigenvalue weighted by Gasteiger charge is -2.15. The van der Waals surface area contributed by atoms with E-state index in [9.17, 15) is 9.59 Å². The highest BCUT2D eigenvalue weighted by molar-refractivity contribution is 7.99. The Morgan fingerprint density at radius 1 is 1.17 bits per heavy atom. The molecule has 0 saturated heterocycles. The van der Waals surface area contributed by atoms with Crippen molar-refractivity contribution in [2.24, 2.45) is 0 Å². The lowest BCUT2D eigenvalue weighted by atomic mass is 10.1. The lowest BCUT2D eigenvalue weighted by Crippen LogP contribution is -2.30. The Kier molecular flexibility index (Phi) is 9.59. The quantitative estimate of drug-likeness (QED) is 0.268. The highest BCUT2D eigenvalue weighted by atomic mass is 35.5. The standard InChI is InChI=1S/C24H25Cl2N5O3S/c1-4-12-31-23(15(2)27-20(32)13-16-8-10-17(34-3)11-9-16)29-30-24(31)35-14-21(33)28-19-7-5-6-18(25)22(19)26/h4-11,15H,1,12-14H2,2-3H3,(H,27,32)(H,28,33)/t15-/m0/s1. The van der Waals surface area contributed by atoms with E-state index in [-0.39, 0.29) is 29.0 Å². The maximum Gasteiger partial charge on any atom is 0.234 e. The minimum absolute atomic E-state index is 0.0797. The van der Waals surface area contributed by atoms with Gasteiger partial charge in [-0.05, 0) is 36.8 Å². The molecule has 0 unspecified atom stereocenters. The highest BCUT2D eigenvalue weighted by Crippen LogP contribution is 2.30. The van der Waals surface area contributed by atoms with Gasteiger partial charge in [-0.2, -0.15) is 0 Å². The second-order valence-corrected chi connectivity index (χ2v) is 9.22. The van der Waals surface area contributed by atoms with E-state index in [1.807, 2.05) is 35.8 Å². The zero-order valence-corrected chi connectivity index (χ0v) is 21.6. The molecule has 0 aliphatic heterocycles. The van der Waals surface area contributed by atoms with Gasteiger partial charge in [-0.15, -0.1) is 16.8 Å². The van der Waals surface area contributed by atoms with Gasteiger partial charge in [0.05, 0.1) is 41.1 Å². The van der Waals surface area contributed by atoms with Crippen LogP contribution in [-0.4, -0.2) is 39.4 Å². The molecule has 1 atom stereocenters. The van der Waals surface area contributed by atoms with Gasteiger partial charge < -0.3 is 19.9 Å². The van der Waals surface area contributed by atoms with Crippen LogP contribution in [0.4, 0.5) is 5.69 Å². The van der Waals surface area contributed by atoms with Crippen molar-refractivity contribution >= 4 is 52.5 Å². The summed E-state index contributed by atoms with van der Waals surface area (Å²) in [6.45, 7) is 6.04. The van der Waals surface area contributed by atoms with E-state index >= 15 is 0 Å². The van der Waals surface area contributed by atoms with Gasteiger partial charge in [0.1, 0.15) is 5.75 Å². The van der Waals surface area contributed by atoms with Crippen molar-refractivity contribution in [3.8, 4) is 5.75 Å². The number of thioether (sulfide) groups is 1. The number of allylic oxidation sites excluding steroid dienone is 1. The molecule has 2 aromatic carbocycles. The highest BCUT2D eigenvalue weighted by Gasteiger charge is 2.20. The number of hydrogen-bond acceptors (Lipinski definition) is 6. The van der Waals surface area contributed by atoms with E-state index in [0.29, 0.717) is 28.2 Å². The summed E-state index contributed by atoms with van der Waals surface area (Å²) in [6.07, 6.45) is 1.92. The maximum absolute atomic E-state index is 12.6. The average molecular weight is 534 g/mol. The molecule has 1 heterocycles. The third-order valence-electron chi connectivity index (χ3n) is 4.90. The van der Waals surface area contributed by atoms with E-state index < -0.39 is 6.04 Å². The number of benzene rings is 2. The van der Waals surface area contributed by atoms with Crippen LogP contribution < -0.4 is 15.4 Å². The number of hydrogen-bond donors (Lipinski definition) is 2. The normalized spacial score (nSPS) is 11.5. The van der Waals surface area contributed by atoms with Crippen molar-refractivity contribution in [2.45, 2.75) is 31.1 Å². The largest absolute Gasteiger partial charge is 0.497 e. The van der Waals surface area contributed by atoms with Crippen molar-refractivity contribution in [1.29, 1.82) is 0 Å². The van der Waals surface area contributed by atoms with Crippen LogP contribution in [0, 0.1) is 0 Å². The predicted octanol–water partition coefficient (Wildman–Crippen LogP) is 4.93. The van der Waals surface area contributed by atoms with E-state index in [2.05, 4.69) is 27.4 Å². The summed E-state index contributed by atoms with van der Waals surface area (Å²) in [4.78, 5) is 25.0. The molecule has 35 heavy (non-hydrogen) atoms. The number of carbonyl (C=O) groups is 2. The number of rotatable bonds is 11. The molecule has 0 aliphatic carbocycles. The fourth-order valence-corrected chi connectivity index (χ4v) is 4.33. The molecule has 3 rings (SSSR count). The van der Waals surface area contributed by atoms with Gasteiger partial charge in [-0.1, -0.05) is 59.2 Å². The molecule has 0 aliphatic rings. The number of nitrogens with zero attached hydrogens (tertiary/aromatic N) is 3. The van der Waals surface area contributed by atoms with Crippen molar-refractivity contribution in [3.63, 3.8) is 0 Å². The summed E-state index contributed by atoms with van der Waals surface area (Å²) in [5, 5.41) is 15.3. The number of methoxy groups -OCH3 is 1. The number of aromatic nitrogens is 3. The van der Waals surface area contributed by atoms with Crippen LogP contribution in [0.5, 0.6) is 5.75 Å². The average Bonchev–Trinajstić information content (AvgIpc) is 3.24. The van der Waals surface area contributed by atoms with Crippen LogP contribution in [0.15, 0.2) is 60.3 Å². The van der Waals surface area contributed by atoms with Crippen LogP contribution in [0.1, 0.15) is 24.4 Å². The summed E-state index contributed by atoms with van der Waals surface area (Å²) in [7, 11) is 1.59. The lowest BCUT2D eigenvalue weighted by molar-refractivity contribution is -0.121. The first kappa shape index (κ1) is 26.6. The molecule has 1 aromatic heterocycles. The molecule has 0 spiro atoms. The number of halogens is 2. The number of anilines is 1. The van der Waals surface area contributed by atoms with Gasteiger partial charge in [0, 0.05) is 6.54 Å². The van der Waals surface area contributed by atoms with Crippen LogP contribution in [0.2, 0.25) is 10.0 Å². The molecule has 2 N–H and O–H groups in total. The number of carbonyl (C=O) groups excluding carboxylic acids is 2. The van der Waals surface area contributed by atoms with Crippen molar-refractivity contribution in [2.75, 3.05) is 18.2 Å². The Labute approximate surface area is 218 Å². The second kappa shape index (κ2) is 12.6. The van der Waals surface area contributed by atoms with Crippen molar-refractivity contribution < 1.29 is 14.3 Å². The van der Waals surface area contributed by atoms with E-state index in [0.717, 1.165) is 11.3 Å². The molecule has 0 saturated carbocycles.